The van der Waals surface area contributed by atoms with E-state index >= 15 is 0 Å². The highest BCUT2D eigenvalue weighted by Crippen LogP contribution is 2.32. The van der Waals surface area contributed by atoms with Gasteiger partial charge >= 0.3 is 0 Å². The maximum absolute atomic E-state index is 11.9. The van der Waals surface area contributed by atoms with Gasteiger partial charge in [0.25, 0.3) is 5.91 Å². The number of carbonyl (C=O) groups is 1. The lowest BCUT2D eigenvalue weighted by atomic mass is 9.93. The number of fused-ring (bicyclic) bond motifs is 1. The van der Waals surface area contributed by atoms with Crippen molar-refractivity contribution in [2.24, 2.45) is 5.92 Å². The van der Waals surface area contributed by atoms with Gasteiger partial charge in [0.05, 0.1) is 23.8 Å². The van der Waals surface area contributed by atoms with Crippen LogP contribution in [-0.2, 0) is 4.79 Å². The Balaban J connectivity index is 2.02. The number of amides is 1. The molecule has 86 valence electrons. The van der Waals surface area contributed by atoms with E-state index in [-0.39, 0.29) is 5.91 Å². The number of carbonyl (C=O) groups excluding carboxylic acids is 1. The van der Waals surface area contributed by atoms with Gasteiger partial charge in [-0.15, -0.1) is 0 Å². The first kappa shape index (κ1) is 10.1. The molecule has 1 amide bonds. The lowest BCUT2D eigenvalue weighted by Gasteiger charge is -2.12. The van der Waals surface area contributed by atoms with Crippen LogP contribution in [0.25, 0.3) is 6.08 Å². The van der Waals surface area contributed by atoms with Crippen LogP contribution in [0.15, 0.2) is 41.5 Å². The number of aromatic nitrogens is 2. The number of nitrogens with zero attached hydrogens (tertiary/aromatic N) is 1. The monoisotopic (exact) mass is 227 g/mol. The van der Waals surface area contributed by atoms with Crippen molar-refractivity contribution >= 4 is 12.0 Å². The molecule has 1 aromatic rings. The average molecular weight is 227 g/mol. The van der Waals surface area contributed by atoms with Gasteiger partial charge in [-0.2, -0.15) is 0 Å². The molecule has 2 aliphatic rings. The van der Waals surface area contributed by atoms with Gasteiger partial charge in [-0.25, -0.2) is 4.98 Å². The standard InChI is InChI=1S/C13H13N3O/c1-8-2-3-10-11(5-9-6-14-7-15-9)13(17)16-12(10)4-8/h3-8H,2H2,1H3,(H,14,15)(H,16,17)/b11-5-. The molecule has 4 heteroatoms. The SMILES string of the molecule is CC1C=C2NC(=O)/C(=C\c3cnc[nH]3)C2=CC1. The number of rotatable bonds is 1. The van der Waals surface area contributed by atoms with Crippen LogP contribution in [0.4, 0.5) is 0 Å². The molecular weight excluding hydrogens is 214 g/mol. The maximum atomic E-state index is 11.9. The summed E-state index contributed by atoms with van der Waals surface area (Å²) in [5, 5.41) is 2.90. The first-order chi connectivity index (χ1) is 8.24. The minimum atomic E-state index is -0.0359. The summed E-state index contributed by atoms with van der Waals surface area (Å²) in [4.78, 5) is 18.8. The van der Waals surface area contributed by atoms with Crippen molar-refractivity contribution in [3.8, 4) is 0 Å². The summed E-state index contributed by atoms with van der Waals surface area (Å²) in [5.74, 6) is 0.451. The van der Waals surface area contributed by atoms with Crippen molar-refractivity contribution in [2.45, 2.75) is 13.3 Å². The van der Waals surface area contributed by atoms with Gasteiger partial charge in [-0.3, -0.25) is 4.79 Å². The molecule has 1 saturated heterocycles. The summed E-state index contributed by atoms with van der Waals surface area (Å²) in [7, 11) is 0. The predicted molar refractivity (Wildman–Crippen MR) is 64.7 cm³/mol. The number of aromatic amines is 1. The highest BCUT2D eigenvalue weighted by Gasteiger charge is 2.29. The van der Waals surface area contributed by atoms with Crippen molar-refractivity contribution in [3.05, 3.63) is 47.2 Å². The number of imidazole rings is 1. The van der Waals surface area contributed by atoms with E-state index < -0.39 is 0 Å². The third-order valence-corrected chi connectivity index (χ3v) is 3.04. The summed E-state index contributed by atoms with van der Waals surface area (Å²) in [6, 6.07) is 0. The second kappa shape index (κ2) is 3.73. The van der Waals surface area contributed by atoms with Gasteiger partial charge in [0, 0.05) is 11.3 Å². The Kier molecular flexibility index (Phi) is 2.21. The van der Waals surface area contributed by atoms with Crippen LogP contribution in [0.5, 0.6) is 0 Å². The zero-order valence-corrected chi connectivity index (χ0v) is 9.53. The molecule has 1 fully saturated rings. The van der Waals surface area contributed by atoms with Crippen LogP contribution in [0.3, 0.4) is 0 Å². The zero-order valence-electron chi connectivity index (χ0n) is 9.53. The van der Waals surface area contributed by atoms with Crippen LogP contribution >= 0.6 is 0 Å². The van der Waals surface area contributed by atoms with Crippen LogP contribution in [-0.4, -0.2) is 15.9 Å². The van der Waals surface area contributed by atoms with Gasteiger partial charge in [0.15, 0.2) is 0 Å². The largest absolute Gasteiger partial charge is 0.345 e. The number of nitrogens with one attached hydrogen (secondary N) is 2. The third-order valence-electron chi connectivity index (χ3n) is 3.04. The van der Waals surface area contributed by atoms with Crippen molar-refractivity contribution in [3.63, 3.8) is 0 Å². The molecular formula is C13H13N3O. The van der Waals surface area contributed by atoms with Crippen LogP contribution in [0.2, 0.25) is 0 Å². The van der Waals surface area contributed by atoms with E-state index in [2.05, 4.69) is 34.4 Å². The number of allylic oxidation sites excluding steroid dienone is 3. The summed E-state index contributed by atoms with van der Waals surface area (Å²) in [6.07, 6.45) is 10.4. The fraction of sp³-hybridized carbons (Fsp3) is 0.231. The molecule has 1 aliphatic heterocycles. The second-order valence-electron chi connectivity index (χ2n) is 4.43. The summed E-state index contributed by atoms with van der Waals surface area (Å²) >= 11 is 0. The van der Waals surface area contributed by atoms with Crippen molar-refractivity contribution in [2.75, 3.05) is 0 Å². The Morgan fingerprint density at radius 3 is 3.18 bits per heavy atom. The molecule has 0 bridgehead atoms. The number of hydrogen-bond donors (Lipinski definition) is 2. The summed E-state index contributed by atoms with van der Waals surface area (Å²) in [6.45, 7) is 2.14. The molecule has 1 atom stereocenters. The molecule has 17 heavy (non-hydrogen) atoms. The Bertz CT molecular complexity index is 549. The number of H-pyrrole nitrogens is 1. The van der Waals surface area contributed by atoms with E-state index in [1.54, 1.807) is 12.5 Å². The second-order valence-corrected chi connectivity index (χ2v) is 4.43. The Morgan fingerprint density at radius 2 is 2.41 bits per heavy atom. The van der Waals surface area contributed by atoms with E-state index in [1.165, 1.54) is 0 Å². The molecule has 0 aromatic carbocycles. The Labute approximate surface area is 99.1 Å². The Hall–Kier alpha value is -2.10. The van der Waals surface area contributed by atoms with Gasteiger partial charge < -0.3 is 10.3 Å². The number of hydrogen-bond acceptors (Lipinski definition) is 2. The maximum Gasteiger partial charge on any atom is 0.256 e. The molecule has 0 radical (unpaired) electrons. The molecule has 4 nitrogen and oxygen atoms in total. The van der Waals surface area contributed by atoms with Crippen LogP contribution in [0, 0.1) is 5.92 Å². The van der Waals surface area contributed by atoms with Crippen molar-refractivity contribution in [1.82, 2.24) is 15.3 Å². The Morgan fingerprint density at radius 1 is 1.53 bits per heavy atom. The van der Waals surface area contributed by atoms with E-state index in [0.717, 1.165) is 23.4 Å². The predicted octanol–water partition coefficient (Wildman–Crippen LogP) is 1.77. The van der Waals surface area contributed by atoms with Crippen molar-refractivity contribution in [1.29, 1.82) is 0 Å². The van der Waals surface area contributed by atoms with E-state index in [1.807, 2.05) is 6.08 Å². The van der Waals surface area contributed by atoms with Gasteiger partial charge in [-0.05, 0) is 18.4 Å². The smallest absolute Gasteiger partial charge is 0.256 e. The van der Waals surface area contributed by atoms with E-state index in [0.29, 0.717) is 11.5 Å². The minimum Gasteiger partial charge on any atom is -0.345 e. The fourth-order valence-electron chi connectivity index (χ4n) is 2.18. The average Bonchev–Trinajstić information content (AvgIpc) is 2.88. The van der Waals surface area contributed by atoms with Crippen LogP contribution in [0.1, 0.15) is 19.0 Å². The summed E-state index contributed by atoms with van der Waals surface area (Å²) in [5.41, 5.74) is 3.52. The van der Waals surface area contributed by atoms with E-state index in [4.69, 9.17) is 0 Å². The first-order valence-corrected chi connectivity index (χ1v) is 5.68. The zero-order chi connectivity index (χ0) is 11.8. The van der Waals surface area contributed by atoms with Crippen LogP contribution < -0.4 is 5.32 Å². The van der Waals surface area contributed by atoms with Gasteiger partial charge in [0.2, 0.25) is 0 Å². The van der Waals surface area contributed by atoms with E-state index in [9.17, 15) is 4.79 Å². The molecule has 0 saturated carbocycles. The molecule has 0 spiro atoms. The highest BCUT2D eigenvalue weighted by molar-refractivity contribution is 6.08. The topological polar surface area (TPSA) is 57.8 Å². The summed E-state index contributed by atoms with van der Waals surface area (Å²) < 4.78 is 0. The lowest BCUT2D eigenvalue weighted by molar-refractivity contribution is -0.115. The lowest BCUT2D eigenvalue weighted by Crippen LogP contribution is -2.14. The minimum absolute atomic E-state index is 0.0359. The molecule has 2 N–H and O–H groups in total. The molecule has 1 aliphatic carbocycles. The molecule has 1 unspecified atom stereocenters. The van der Waals surface area contributed by atoms with Crippen molar-refractivity contribution < 1.29 is 4.79 Å². The first-order valence-electron chi connectivity index (χ1n) is 5.68. The third kappa shape index (κ3) is 1.71. The molecule has 3 rings (SSSR count). The quantitative estimate of drug-likeness (QED) is 0.718. The molecule has 1 aromatic heterocycles. The highest BCUT2D eigenvalue weighted by atomic mass is 16.2. The van der Waals surface area contributed by atoms with Gasteiger partial charge in [-0.1, -0.05) is 19.1 Å². The fourth-order valence-corrected chi connectivity index (χ4v) is 2.18. The van der Waals surface area contributed by atoms with Gasteiger partial charge in [0.1, 0.15) is 0 Å². The molecule has 2 heterocycles. The normalized spacial score (nSPS) is 25.4.